The van der Waals surface area contributed by atoms with Crippen LogP contribution < -0.4 is 10.3 Å². The first-order valence-corrected chi connectivity index (χ1v) is 3.67. The summed E-state index contributed by atoms with van der Waals surface area (Å²) in [7, 11) is 0. The molecule has 1 unspecified atom stereocenters. The molecule has 1 heterocycles. The van der Waals surface area contributed by atoms with Crippen LogP contribution in [0.25, 0.3) is 0 Å². The second-order valence-electron chi connectivity index (χ2n) is 2.62. The number of benzene rings is 1. The first-order chi connectivity index (χ1) is 6.20. The van der Waals surface area contributed by atoms with Crippen molar-refractivity contribution in [3.63, 3.8) is 0 Å². The lowest BCUT2D eigenvalue weighted by atomic mass is 10.3. The molecule has 1 aromatic carbocycles. The molecule has 0 amide bonds. The predicted octanol–water partition coefficient (Wildman–Crippen LogP) is 0.386. The van der Waals surface area contributed by atoms with Crippen molar-refractivity contribution in [2.24, 2.45) is 0 Å². The van der Waals surface area contributed by atoms with E-state index in [1.54, 1.807) is 24.3 Å². The highest BCUT2D eigenvalue weighted by Crippen LogP contribution is 2.32. The Balaban J connectivity index is 2.46. The van der Waals surface area contributed by atoms with Gasteiger partial charge in [-0.05, 0) is 17.1 Å². The molecule has 68 valence electrons. The minimum Gasteiger partial charge on any atom is -0.352 e. The molecule has 1 atom stereocenters. The number of aliphatic hydroxyl groups excluding tert-OH is 1. The van der Waals surface area contributed by atoms with Crippen molar-refractivity contribution in [2.75, 3.05) is 10.3 Å². The van der Waals surface area contributed by atoms with Crippen LogP contribution in [0.4, 0.5) is 11.4 Å². The Morgan fingerprint density at radius 3 is 2.92 bits per heavy atom. The van der Waals surface area contributed by atoms with E-state index in [0.717, 1.165) is 0 Å². The number of fused-ring (bicyclic) bond motifs is 1. The van der Waals surface area contributed by atoms with E-state index in [2.05, 4.69) is 5.32 Å². The number of hydrogen-bond donors (Lipinski definition) is 2. The van der Waals surface area contributed by atoms with Gasteiger partial charge in [-0.1, -0.05) is 12.1 Å². The Hall–Kier alpha value is -1.82. The van der Waals surface area contributed by atoms with Crippen LogP contribution in [-0.2, 0) is 0 Å². The third-order valence-corrected chi connectivity index (χ3v) is 1.84. The average Bonchev–Trinajstić information content (AvgIpc) is 2.39. The summed E-state index contributed by atoms with van der Waals surface area (Å²) in [5, 5.41) is 22.4. The van der Waals surface area contributed by atoms with Crippen LogP contribution in [0.2, 0.25) is 0 Å². The van der Waals surface area contributed by atoms with E-state index in [0.29, 0.717) is 16.4 Å². The summed E-state index contributed by atoms with van der Waals surface area (Å²) in [6.45, 7) is 0. The molecule has 13 heavy (non-hydrogen) atoms. The summed E-state index contributed by atoms with van der Waals surface area (Å²) in [6, 6.07) is 6.65. The van der Waals surface area contributed by atoms with Crippen molar-refractivity contribution in [3.05, 3.63) is 34.4 Å². The van der Waals surface area contributed by atoms with Crippen molar-refractivity contribution < 1.29 is 10.1 Å². The van der Waals surface area contributed by atoms with Crippen LogP contribution in [0, 0.1) is 10.1 Å². The van der Waals surface area contributed by atoms with Gasteiger partial charge in [0.1, 0.15) is 5.69 Å². The molecule has 0 aromatic heterocycles. The van der Waals surface area contributed by atoms with Crippen LogP contribution in [0.5, 0.6) is 0 Å². The zero-order valence-electron chi connectivity index (χ0n) is 6.54. The van der Waals surface area contributed by atoms with Gasteiger partial charge >= 0.3 is 0 Å². The normalized spacial score (nSPS) is 19.5. The zero-order chi connectivity index (χ0) is 9.42. The van der Waals surface area contributed by atoms with Crippen LogP contribution in [0.3, 0.4) is 0 Å². The number of hydrazine groups is 1. The maximum Gasteiger partial charge on any atom is 0.266 e. The van der Waals surface area contributed by atoms with Crippen molar-refractivity contribution in [3.8, 4) is 0 Å². The molecule has 6 nitrogen and oxygen atoms in total. The monoisotopic (exact) mass is 181 g/mol. The fourth-order valence-electron chi connectivity index (χ4n) is 1.30. The third kappa shape index (κ3) is 1.07. The molecule has 0 bridgehead atoms. The highest BCUT2D eigenvalue weighted by molar-refractivity contribution is 5.73. The molecule has 6 heteroatoms. The first kappa shape index (κ1) is 7.81. The van der Waals surface area contributed by atoms with E-state index in [1.165, 1.54) is 0 Å². The second-order valence-corrected chi connectivity index (χ2v) is 2.62. The predicted molar refractivity (Wildman–Crippen MR) is 45.5 cm³/mol. The maximum atomic E-state index is 10.5. The van der Waals surface area contributed by atoms with Crippen molar-refractivity contribution in [1.82, 2.24) is 0 Å². The van der Waals surface area contributed by atoms with Crippen LogP contribution in [0.15, 0.2) is 24.3 Å². The fourth-order valence-corrected chi connectivity index (χ4v) is 1.30. The number of para-hydroxylation sites is 2. The van der Waals surface area contributed by atoms with Crippen molar-refractivity contribution >= 4 is 11.4 Å². The number of nitro groups is 1. The van der Waals surface area contributed by atoms with E-state index in [9.17, 15) is 15.2 Å². The van der Waals surface area contributed by atoms with Gasteiger partial charge in [-0.3, -0.25) is 0 Å². The SMILES string of the molecule is O=[N+]([O-])N1c2ccccc2NC1O. The molecule has 0 radical (unpaired) electrons. The Bertz CT molecular complexity index is 355. The van der Waals surface area contributed by atoms with Gasteiger partial charge in [0, 0.05) is 0 Å². The second kappa shape index (κ2) is 2.60. The molecule has 0 saturated heterocycles. The molecule has 2 rings (SSSR count). The van der Waals surface area contributed by atoms with Crippen molar-refractivity contribution in [2.45, 2.75) is 6.35 Å². The number of nitrogens with zero attached hydrogens (tertiary/aromatic N) is 2. The van der Waals surface area contributed by atoms with Crippen LogP contribution in [0.1, 0.15) is 0 Å². The van der Waals surface area contributed by atoms with E-state index >= 15 is 0 Å². The molecule has 1 aliphatic heterocycles. The Labute approximate surface area is 73.5 Å². The smallest absolute Gasteiger partial charge is 0.266 e. The fraction of sp³-hybridized carbons (Fsp3) is 0.143. The quantitative estimate of drug-likeness (QED) is 0.484. The number of aliphatic hydroxyl groups is 1. The van der Waals surface area contributed by atoms with Gasteiger partial charge in [0.25, 0.3) is 6.35 Å². The molecular formula is C7H7N3O3. The van der Waals surface area contributed by atoms with E-state index in [1.807, 2.05) is 0 Å². The molecule has 0 aliphatic carbocycles. The largest absolute Gasteiger partial charge is 0.352 e. The molecular weight excluding hydrogens is 174 g/mol. The standard InChI is InChI=1S/C7H7N3O3/c11-7-8-5-3-1-2-4-6(5)9(7)10(12)13/h1-4,7-8,11H. The Morgan fingerprint density at radius 2 is 2.23 bits per heavy atom. The highest BCUT2D eigenvalue weighted by Gasteiger charge is 2.35. The lowest BCUT2D eigenvalue weighted by molar-refractivity contribution is -0.505. The van der Waals surface area contributed by atoms with Crippen molar-refractivity contribution in [1.29, 1.82) is 0 Å². The molecule has 1 aliphatic rings. The summed E-state index contributed by atoms with van der Waals surface area (Å²) in [5.41, 5.74) is 0.937. The van der Waals surface area contributed by atoms with Gasteiger partial charge in [0.2, 0.25) is 0 Å². The van der Waals surface area contributed by atoms with Crippen LogP contribution in [-0.4, -0.2) is 16.5 Å². The number of rotatable bonds is 1. The van der Waals surface area contributed by atoms with Gasteiger partial charge in [-0.2, -0.15) is 0 Å². The summed E-state index contributed by atoms with van der Waals surface area (Å²) in [6.07, 6.45) is -1.28. The molecule has 0 saturated carbocycles. The minimum atomic E-state index is -1.28. The summed E-state index contributed by atoms with van der Waals surface area (Å²) in [4.78, 5) is 10.5. The summed E-state index contributed by atoms with van der Waals surface area (Å²) < 4.78 is 0. The number of hydrogen-bond acceptors (Lipinski definition) is 4. The van der Waals surface area contributed by atoms with Gasteiger partial charge in [0.15, 0.2) is 5.03 Å². The molecule has 0 spiro atoms. The molecule has 2 N–H and O–H groups in total. The Morgan fingerprint density at radius 1 is 1.54 bits per heavy atom. The van der Waals surface area contributed by atoms with E-state index < -0.39 is 11.4 Å². The highest BCUT2D eigenvalue weighted by atomic mass is 16.7. The number of nitrogens with one attached hydrogen (secondary N) is 1. The molecule has 1 aromatic rings. The topological polar surface area (TPSA) is 78.6 Å². The maximum absolute atomic E-state index is 10.5. The number of anilines is 2. The van der Waals surface area contributed by atoms with E-state index in [4.69, 9.17) is 0 Å². The lowest BCUT2D eigenvalue weighted by Crippen LogP contribution is -2.39. The van der Waals surface area contributed by atoms with E-state index in [-0.39, 0.29) is 0 Å². The summed E-state index contributed by atoms with van der Waals surface area (Å²) in [5.74, 6) is 0. The van der Waals surface area contributed by atoms with Gasteiger partial charge in [0.05, 0.1) is 5.69 Å². The lowest BCUT2D eigenvalue weighted by Gasteiger charge is -2.09. The molecule has 0 fully saturated rings. The van der Waals surface area contributed by atoms with Gasteiger partial charge in [-0.15, -0.1) is 0 Å². The third-order valence-electron chi connectivity index (χ3n) is 1.84. The summed E-state index contributed by atoms with van der Waals surface area (Å²) >= 11 is 0. The first-order valence-electron chi connectivity index (χ1n) is 3.67. The van der Waals surface area contributed by atoms with Gasteiger partial charge < -0.3 is 10.4 Å². The van der Waals surface area contributed by atoms with Gasteiger partial charge in [-0.25, -0.2) is 10.1 Å². The average molecular weight is 181 g/mol. The Kier molecular flexibility index (Phi) is 1.56. The van der Waals surface area contributed by atoms with Crippen LogP contribution >= 0.6 is 0 Å². The minimum absolute atomic E-state index is 0.375. The zero-order valence-corrected chi connectivity index (χ0v) is 6.54.